The van der Waals surface area contributed by atoms with Crippen molar-refractivity contribution in [3.63, 3.8) is 0 Å². The van der Waals surface area contributed by atoms with Crippen LogP contribution in [0.2, 0.25) is 0 Å². The summed E-state index contributed by atoms with van der Waals surface area (Å²) in [7, 11) is 0. The van der Waals surface area contributed by atoms with E-state index >= 15 is 0 Å². The number of nitro benzene ring substituents is 1. The summed E-state index contributed by atoms with van der Waals surface area (Å²) in [4.78, 5) is 10.3. The number of hydrogen-bond donors (Lipinski definition) is 2. The SMILES string of the molecule is CC(O)C(C)(C)Nc1ccccc1[N+](=O)[O-]. The van der Waals surface area contributed by atoms with Gasteiger partial charge in [0.1, 0.15) is 5.69 Å². The van der Waals surface area contributed by atoms with Gasteiger partial charge in [0.25, 0.3) is 5.69 Å². The maximum atomic E-state index is 10.8. The predicted octanol–water partition coefficient (Wildman–Crippen LogP) is 2.17. The molecule has 0 radical (unpaired) electrons. The van der Waals surface area contributed by atoms with E-state index in [4.69, 9.17) is 0 Å². The largest absolute Gasteiger partial charge is 0.391 e. The average Bonchev–Trinajstić information content (AvgIpc) is 2.17. The van der Waals surface area contributed by atoms with Crippen LogP contribution >= 0.6 is 0 Å². The standard InChI is InChI=1S/C11H16N2O3/c1-8(14)11(2,3)12-9-6-4-5-7-10(9)13(15)16/h4-8,12,14H,1-3H3. The van der Waals surface area contributed by atoms with Gasteiger partial charge in [0.15, 0.2) is 0 Å². The number of aliphatic hydroxyl groups is 1. The molecular formula is C11H16N2O3. The minimum absolute atomic E-state index is 0.0104. The number of aliphatic hydroxyl groups excluding tert-OH is 1. The van der Waals surface area contributed by atoms with E-state index in [0.29, 0.717) is 5.69 Å². The van der Waals surface area contributed by atoms with Gasteiger partial charge >= 0.3 is 0 Å². The Labute approximate surface area is 94.3 Å². The Kier molecular flexibility index (Phi) is 3.49. The fraction of sp³-hybridized carbons (Fsp3) is 0.455. The second-order valence-electron chi connectivity index (χ2n) is 4.30. The van der Waals surface area contributed by atoms with Crippen molar-refractivity contribution in [2.24, 2.45) is 0 Å². The minimum atomic E-state index is -0.619. The topological polar surface area (TPSA) is 75.4 Å². The fourth-order valence-electron chi connectivity index (χ4n) is 1.19. The molecule has 2 N–H and O–H groups in total. The zero-order valence-electron chi connectivity index (χ0n) is 9.60. The first-order chi connectivity index (χ1) is 7.34. The molecule has 0 fully saturated rings. The quantitative estimate of drug-likeness (QED) is 0.607. The van der Waals surface area contributed by atoms with Gasteiger partial charge in [-0.2, -0.15) is 0 Å². The summed E-state index contributed by atoms with van der Waals surface area (Å²) in [6.45, 7) is 5.21. The first-order valence-electron chi connectivity index (χ1n) is 5.04. The van der Waals surface area contributed by atoms with Gasteiger partial charge in [-0.05, 0) is 26.8 Å². The number of nitrogens with zero attached hydrogens (tertiary/aromatic N) is 1. The Morgan fingerprint density at radius 2 is 2.00 bits per heavy atom. The molecule has 0 aromatic heterocycles. The highest BCUT2D eigenvalue weighted by molar-refractivity contribution is 5.62. The van der Waals surface area contributed by atoms with Crippen molar-refractivity contribution in [2.75, 3.05) is 5.32 Å². The van der Waals surface area contributed by atoms with Gasteiger partial charge in [-0.1, -0.05) is 12.1 Å². The second-order valence-corrected chi connectivity index (χ2v) is 4.30. The van der Waals surface area contributed by atoms with Crippen LogP contribution in [0.25, 0.3) is 0 Å². The average molecular weight is 224 g/mol. The number of para-hydroxylation sites is 2. The Morgan fingerprint density at radius 3 is 2.50 bits per heavy atom. The molecule has 16 heavy (non-hydrogen) atoms. The number of nitrogens with one attached hydrogen (secondary N) is 1. The molecule has 1 aromatic carbocycles. The summed E-state index contributed by atoms with van der Waals surface area (Å²) in [6, 6.07) is 6.38. The second kappa shape index (κ2) is 4.49. The Morgan fingerprint density at radius 1 is 1.44 bits per heavy atom. The zero-order chi connectivity index (χ0) is 12.3. The first kappa shape index (κ1) is 12.4. The molecule has 0 spiro atoms. The molecule has 0 saturated heterocycles. The lowest BCUT2D eigenvalue weighted by atomic mass is 9.98. The molecule has 5 nitrogen and oxygen atoms in total. The molecule has 0 aliphatic heterocycles. The van der Waals surface area contributed by atoms with Crippen LogP contribution in [0, 0.1) is 10.1 Å². The molecule has 0 heterocycles. The van der Waals surface area contributed by atoms with Crippen LogP contribution in [-0.2, 0) is 0 Å². The van der Waals surface area contributed by atoms with Crippen LogP contribution in [0.3, 0.4) is 0 Å². The summed E-state index contributed by atoms with van der Waals surface area (Å²) < 4.78 is 0. The van der Waals surface area contributed by atoms with E-state index in [1.165, 1.54) is 6.07 Å². The third-order valence-electron chi connectivity index (χ3n) is 2.60. The van der Waals surface area contributed by atoms with Gasteiger partial charge in [0.05, 0.1) is 16.6 Å². The lowest BCUT2D eigenvalue weighted by Gasteiger charge is -2.30. The number of nitro groups is 1. The molecule has 1 rings (SSSR count). The zero-order valence-corrected chi connectivity index (χ0v) is 9.60. The van der Waals surface area contributed by atoms with E-state index in [-0.39, 0.29) is 5.69 Å². The highest BCUT2D eigenvalue weighted by atomic mass is 16.6. The number of rotatable bonds is 4. The van der Waals surface area contributed by atoms with Gasteiger partial charge in [0.2, 0.25) is 0 Å². The molecule has 0 aliphatic carbocycles. The summed E-state index contributed by atoms with van der Waals surface area (Å²) >= 11 is 0. The van der Waals surface area contributed by atoms with E-state index in [9.17, 15) is 15.2 Å². The predicted molar refractivity (Wildman–Crippen MR) is 62.5 cm³/mol. The third kappa shape index (κ3) is 2.70. The van der Waals surface area contributed by atoms with Crippen molar-refractivity contribution >= 4 is 11.4 Å². The van der Waals surface area contributed by atoms with Crippen molar-refractivity contribution < 1.29 is 10.0 Å². The molecule has 5 heteroatoms. The van der Waals surface area contributed by atoms with E-state index in [1.807, 2.05) is 0 Å². The lowest BCUT2D eigenvalue weighted by Crippen LogP contribution is -2.42. The molecule has 0 saturated carbocycles. The van der Waals surface area contributed by atoms with Gasteiger partial charge < -0.3 is 10.4 Å². The van der Waals surface area contributed by atoms with Crippen LogP contribution in [0.1, 0.15) is 20.8 Å². The number of hydrogen-bond acceptors (Lipinski definition) is 4. The number of benzene rings is 1. The molecule has 88 valence electrons. The number of anilines is 1. The van der Waals surface area contributed by atoms with Crippen LogP contribution in [0.4, 0.5) is 11.4 Å². The lowest BCUT2D eigenvalue weighted by molar-refractivity contribution is -0.384. The third-order valence-corrected chi connectivity index (χ3v) is 2.60. The highest BCUT2D eigenvalue weighted by Gasteiger charge is 2.26. The normalized spacial score (nSPS) is 13.2. The molecule has 0 amide bonds. The van der Waals surface area contributed by atoms with E-state index in [1.54, 1.807) is 39.0 Å². The van der Waals surface area contributed by atoms with Crippen molar-refractivity contribution in [1.82, 2.24) is 0 Å². The molecule has 0 aliphatic rings. The van der Waals surface area contributed by atoms with Gasteiger partial charge in [-0.15, -0.1) is 0 Å². The van der Waals surface area contributed by atoms with Crippen molar-refractivity contribution in [1.29, 1.82) is 0 Å². The van der Waals surface area contributed by atoms with Crippen LogP contribution in [-0.4, -0.2) is 21.7 Å². The highest BCUT2D eigenvalue weighted by Crippen LogP contribution is 2.27. The Bertz CT molecular complexity index is 389. The molecule has 0 bridgehead atoms. The van der Waals surface area contributed by atoms with E-state index in [0.717, 1.165) is 0 Å². The van der Waals surface area contributed by atoms with Crippen molar-refractivity contribution in [3.8, 4) is 0 Å². The van der Waals surface area contributed by atoms with Crippen molar-refractivity contribution in [2.45, 2.75) is 32.4 Å². The smallest absolute Gasteiger partial charge is 0.292 e. The van der Waals surface area contributed by atoms with Gasteiger partial charge in [-0.25, -0.2) is 0 Å². The monoisotopic (exact) mass is 224 g/mol. The van der Waals surface area contributed by atoms with E-state index in [2.05, 4.69) is 5.32 Å². The van der Waals surface area contributed by atoms with Crippen LogP contribution in [0.15, 0.2) is 24.3 Å². The molecular weight excluding hydrogens is 208 g/mol. The van der Waals surface area contributed by atoms with Gasteiger partial charge in [-0.3, -0.25) is 10.1 Å². The Hall–Kier alpha value is -1.62. The summed E-state index contributed by atoms with van der Waals surface area (Å²) in [5.41, 5.74) is -0.193. The fourth-order valence-corrected chi connectivity index (χ4v) is 1.19. The molecule has 1 unspecified atom stereocenters. The van der Waals surface area contributed by atoms with E-state index < -0.39 is 16.6 Å². The summed E-state index contributed by atoms with van der Waals surface area (Å²) in [5.74, 6) is 0. The summed E-state index contributed by atoms with van der Waals surface area (Å²) in [6.07, 6.45) is -0.618. The van der Waals surface area contributed by atoms with Crippen LogP contribution in [0.5, 0.6) is 0 Å². The van der Waals surface area contributed by atoms with Gasteiger partial charge in [0, 0.05) is 6.07 Å². The first-order valence-corrected chi connectivity index (χ1v) is 5.04. The summed E-state index contributed by atoms with van der Waals surface area (Å²) in [5, 5.41) is 23.3. The molecule has 1 aromatic rings. The Balaban J connectivity index is 3.02. The van der Waals surface area contributed by atoms with Crippen molar-refractivity contribution in [3.05, 3.63) is 34.4 Å². The minimum Gasteiger partial charge on any atom is -0.391 e. The maximum Gasteiger partial charge on any atom is 0.292 e. The van der Waals surface area contributed by atoms with Crippen LogP contribution < -0.4 is 5.32 Å². The maximum absolute atomic E-state index is 10.8. The molecule has 1 atom stereocenters.